The first-order valence-corrected chi connectivity index (χ1v) is 9.46. The van der Waals surface area contributed by atoms with Gasteiger partial charge >= 0.3 is 0 Å². The van der Waals surface area contributed by atoms with Crippen LogP contribution in [0, 0.1) is 0 Å². The van der Waals surface area contributed by atoms with Gasteiger partial charge in [0.15, 0.2) is 0 Å². The Bertz CT molecular complexity index is 224. The molecule has 2 rings (SSSR count). The molecule has 2 heterocycles. The Morgan fingerprint density at radius 3 is 1.72 bits per heavy atom. The summed E-state index contributed by atoms with van der Waals surface area (Å²) in [4.78, 5) is 0. The molecule has 2 saturated heterocycles. The zero-order chi connectivity index (χ0) is 18.6. The number of unbranched alkanes of at least 4 members (excludes halogenated alkanes) is 3. The molecule has 0 aromatic rings. The van der Waals surface area contributed by atoms with Gasteiger partial charge in [-0.3, -0.25) is 0 Å². The number of ether oxygens (including phenoxy) is 5. The van der Waals surface area contributed by atoms with Crippen molar-refractivity contribution in [3.8, 4) is 0 Å². The van der Waals surface area contributed by atoms with E-state index < -0.39 is 0 Å². The van der Waals surface area contributed by atoms with Crippen LogP contribution in [0.15, 0.2) is 0 Å². The summed E-state index contributed by atoms with van der Waals surface area (Å²) in [5.41, 5.74) is 0. The van der Waals surface area contributed by atoms with Crippen molar-refractivity contribution in [2.24, 2.45) is 0 Å². The summed E-state index contributed by atoms with van der Waals surface area (Å²) in [5, 5.41) is 16.2. The van der Waals surface area contributed by atoms with Gasteiger partial charge in [0.1, 0.15) is 12.2 Å². The maximum atomic E-state index is 8.09. The van der Waals surface area contributed by atoms with Crippen LogP contribution in [0.25, 0.3) is 0 Å². The Balaban J connectivity index is 0.000000350. The highest BCUT2D eigenvalue weighted by Gasteiger charge is 2.26. The van der Waals surface area contributed by atoms with Crippen molar-refractivity contribution < 1.29 is 33.9 Å². The summed E-state index contributed by atoms with van der Waals surface area (Å²) in [6, 6.07) is 0. The molecule has 0 spiro atoms. The highest BCUT2D eigenvalue weighted by atomic mass is 16.6. The Labute approximate surface area is 152 Å². The van der Waals surface area contributed by atoms with E-state index in [-0.39, 0.29) is 13.2 Å². The van der Waals surface area contributed by atoms with Crippen molar-refractivity contribution in [1.29, 1.82) is 0 Å². The molecule has 2 fully saturated rings. The number of epoxide rings is 2. The quantitative estimate of drug-likeness (QED) is 0.354. The number of aliphatic hydroxyl groups is 2. The Morgan fingerprint density at radius 1 is 0.760 bits per heavy atom. The summed E-state index contributed by atoms with van der Waals surface area (Å²) in [5.74, 6) is 0. The predicted molar refractivity (Wildman–Crippen MR) is 95.9 cm³/mol. The van der Waals surface area contributed by atoms with Crippen LogP contribution in [-0.4, -0.2) is 88.5 Å². The maximum Gasteiger partial charge on any atom is 0.104 e. The fourth-order valence-corrected chi connectivity index (χ4v) is 1.67. The molecule has 7 heteroatoms. The van der Waals surface area contributed by atoms with Crippen LogP contribution in [0.1, 0.15) is 39.5 Å². The number of rotatable bonds is 14. The van der Waals surface area contributed by atoms with Crippen molar-refractivity contribution in [2.45, 2.75) is 51.7 Å². The van der Waals surface area contributed by atoms with Gasteiger partial charge in [-0.2, -0.15) is 0 Å². The number of aliphatic hydroxyl groups excluding tert-OH is 2. The predicted octanol–water partition coefficient (Wildman–Crippen LogP) is 1.39. The fourth-order valence-electron chi connectivity index (χ4n) is 1.67. The molecule has 2 aliphatic heterocycles. The highest BCUT2D eigenvalue weighted by Crippen LogP contribution is 2.12. The largest absolute Gasteiger partial charge is 0.394 e. The van der Waals surface area contributed by atoms with Gasteiger partial charge in [0.2, 0.25) is 0 Å². The molecular formula is C18H38O7. The lowest BCUT2D eigenvalue weighted by Crippen LogP contribution is -2.06. The van der Waals surface area contributed by atoms with Gasteiger partial charge in [0, 0.05) is 13.2 Å². The van der Waals surface area contributed by atoms with E-state index >= 15 is 0 Å². The molecule has 2 atom stereocenters. The molecule has 2 N–H and O–H groups in total. The average molecular weight is 366 g/mol. The van der Waals surface area contributed by atoms with Crippen LogP contribution >= 0.6 is 0 Å². The summed E-state index contributed by atoms with van der Waals surface area (Å²) in [7, 11) is 0. The van der Waals surface area contributed by atoms with Crippen LogP contribution in [0.3, 0.4) is 0 Å². The van der Waals surface area contributed by atoms with E-state index in [0.717, 1.165) is 39.6 Å². The smallest absolute Gasteiger partial charge is 0.104 e. The van der Waals surface area contributed by atoms with Crippen molar-refractivity contribution in [3.63, 3.8) is 0 Å². The van der Waals surface area contributed by atoms with E-state index in [2.05, 4.69) is 11.7 Å². The second-order valence-corrected chi connectivity index (χ2v) is 5.77. The van der Waals surface area contributed by atoms with Crippen molar-refractivity contribution in [1.82, 2.24) is 0 Å². The highest BCUT2D eigenvalue weighted by molar-refractivity contribution is 4.71. The molecule has 0 aromatic carbocycles. The maximum absolute atomic E-state index is 8.09. The average Bonchev–Trinajstić information content (AvgIpc) is 3.52. The number of hydrogen-bond acceptors (Lipinski definition) is 7. The molecule has 0 bridgehead atoms. The Morgan fingerprint density at radius 2 is 1.32 bits per heavy atom. The topological polar surface area (TPSA) is 93.2 Å². The summed E-state index contributed by atoms with van der Waals surface area (Å²) in [6.07, 6.45) is 6.02. The first-order valence-electron chi connectivity index (χ1n) is 9.46. The second kappa shape index (κ2) is 20.0. The zero-order valence-electron chi connectivity index (χ0n) is 16.0. The lowest BCUT2D eigenvalue weighted by Gasteiger charge is -1.98. The first-order chi connectivity index (χ1) is 12.3. The van der Waals surface area contributed by atoms with E-state index in [0.29, 0.717) is 25.4 Å². The third-order valence-electron chi connectivity index (χ3n) is 3.23. The van der Waals surface area contributed by atoms with Crippen LogP contribution < -0.4 is 0 Å². The molecule has 0 radical (unpaired) electrons. The molecule has 0 aliphatic carbocycles. The van der Waals surface area contributed by atoms with Crippen molar-refractivity contribution >= 4 is 0 Å². The molecule has 0 aromatic heterocycles. The Hall–Kier alpha value is -0.280. The molecule has 0 amide bonds. The lowest BCUT2D eigenvalue weighted by molar-refractivity contribution is 0.0650. The van der Waals surface area contributed by atoms with E-state index in [1.807, 2.05) is 6.92 Å². The monoisotopic (exact) mass is 366 g/mol. The SMILES string of the molecule is C(OCC1CO1)C1CO1.CCCCCCOCC.OCCOCCO. The molecule has 25 heavy (non-hydrogen) atoms. The normalized spacial score (nSPS) is 20.2. The van der Waals surface area contributed by atoms with Crippen molar-refractivity contribution in [2.75, 3.05) is 66.1 Å². The molecular weight excluding hydrogens is 328 g/mol. The van der Waals surface area contributed by atoms with Gasteiger partial charge in [-0.15, -0.1) is 0 Å². The summed E-state index contributed by atoms with van der Waals surface area (Å²) < 4.78 is 24.9. The standard InChI is InChI=1S/C8H18O.C6H10O3.C4H10O3/c1-3-5-6-7-8-9-4-2;1(5-3-8-5)7-2-6-4-9-6;5-1-3-7-4-2-6/h3-8H2,1-2H3;5-6H,1-4H2;5-6H,1-4H2. The van der Waals surface area contributed by atoms with E-state index in [9.17, 15) is 0 Å². The van der Waals surface area contributed by atoms with Crippen LogP contribution in [0.4, 0.5) is 0 Å². The first kappa shape index (κ1) is 24.7. The van der Waals surface area contributed by atoms with Gasteiger partial charge in [-0.25, -0.2) is 0 Å². The summed E-state index contributed by atoms with van der Waals surface area (Å²) >= 11 is 0. The van der Waals surface area contributed by atoms with E-state index in [4.69, 9.17) is 29.2 Å². The summed E-state index contributed by atoms with van der Waals surface area (Å²) in [6.45, 7) is 10.0. The third kappa shape index (κ3) is 23.7. The van der Waals surface area contributed by atoms with Gasteiger partial charge < -0.3 is 33.9 Å². The molecule has 2 aliphatic rings. The molecule has 7 nitrogen and oxygen atoms in total. The molecule has 2 unspecified atom stereocenters. The van der Waals surface area contributed by atoms with Gasteiger partial charge in [0.05, 0.1) is 52.9 Å². The minimum atomic E-state index is 0.0278. The van der Waals surface area contributed by atoms with Crippen molar-refractivity contribution in [3.05, 3.63) is 0 Å². The van der Waals surface area contributed by atoms with Crippen LogP contribution in [0.2, 0.25) is 0 Å². The lowest BCUT2D eigenvalue weighted by atomic mass is 10.2. The molecule has 152 valence electrons. The van der Waals surface area contributed by atoms with Gasteiger partial charge in [0.25, 0.3) is 0 Å². The van der Waals surface area contributed by atoms with Gasteiger partial charge in [-0.05, 0) is 13.3 Å². The Kier molecular flexibility index (Phi) is 19.8. The van der Waals surface area contributed by atoms with E-state index in [1.165, 1.54) is 25.7 Å². The minimum Gasteiger partial charge on any atom is -0.394 e. The zero-order valence-corrected chi connectivity index (χ0v) is 16.0. The van der Waals surface area contributed by atoms with Crippen LogP contribution in [-0.2, 0) is 23.7 Å². The number of hydrogen-bond donors (Lipinski definition) is 2. The van der Waals surface area contributed by atoms with Gasteiger partial charge in [-0.1, -0.05) is 26.2 Å². The third-order valence-corrected chi connectivity index (χ3v) is 3.23. The van der Waals surface area contributed by atoms with Crippen LogP contribution in [0.5, 0.6) is 0 Å². The second-order valence-electron chi connectivity index (χ2n) is 5.77. The van der Waals surface area contributed by atoms with E-state index in [1.54, 1.807) is 0 Å². The molecule has 0 saturated carbocycles. The minimum absolute atomic E-state index is 0.0278. The fraction of sp³-hybridized carbons (Fsp3) is 1.00.